The minimum absolute atomic E-state index is 0.208. The number of nitrogens with zero attached hydrogens (tertiary/aromatic N) is 3. The summed E-state index contributed by atoms with van der Waals surface area (Å²) >= 11 is 0. The van der Waals surface area contributed by atoms with E-state index in [0.717, 1.165) is 12.1 Å². The number of carboxylic acids is 1. The van der Waals surface area contributed by atoms with Gasteiger partial charge in [-0.05, 0) is 6.07 Å². The summed E-state index contributed by atoms with van der Waals surface area (Å²) in [7, 11) is 0. The first kappa shape index (κ1) is 24.0. The molecule has 0 radical (unpaired) electrons. The lowest BCUT2D eigenvalue weighted by molar-refractivity contribution is -0.386. The van der Waals surface area contributed by atoms with E-state index in [-0.39, 0.29) is 24.7 Å². The Morgan fingerprint density at radius 2 is 1.77 bits per heavy atom. The van der Waals surface area contributed by atoms with Crippen molar-refractivity contribution in [3.8, 4) is 17.6 Å². The van der Waals surface area contributed by atoms with E-state index in [1.807, 2.05) is 0 Å². The Balaban J connectivity index is 0.000000553. The third-order valence-corrected chi connectivity index (χ3v) is 3.54. The number of carbonyl (C=O) groups is 2. The van der Waals surface area contributed by atoms with Crippen molar-refractivity contribution in [1.82, 2.24) is 4.90 Å². The highest BCUT2D eigenvalue weighted by Gasteiger charge is 2.38. The molecule has 0 bridgehead atoms. The molecule has 30 heavy (non-hydrogen) atoms. The van der Waals surface area contributed by atoms with E-state index < -0.39 is 51.5 Å². The Labute approximate surface area is 164 Å². The molecule has 0 aliphatic carbocycles. The summed E-state index contributed by atoms with van der Waals surface area (Å²) < 4.78 is 31.7. The zero-order chi connectivity index (χ0) is 23.4. The van der Waals surface area contributed by atoms with Crippen molar-refractivity contribution < 1.29 is 48.1 Å². The molecule has 1 aromatic carbocycles. The monoisotopic (exact) mass is 434 g/mol. The lowest BCUT2D eigenvalue weighted by atomic mass is 10.0. The largest absolute Gasteiger partial charge is 0.506 e. The molecule has 2 rings (SSSR count). The van der Waals surface area contributed by atoms with Crippen molar-refractivity contribution in [2.75, 3.05) is 13.1 Å². The zero-order valence-electron chi connectivity index (χ0n) is 14.6. The van der Waals surface area contributed by atoms with Gasteiger partial charge in [0.05, 0.1) is 4.92 Å². The van der Waals surface area contributed by atoms with E-state index in [9.17, 15) is 43.4 Å². The molecule has 0 spiro atoms. The van der Waals surface area contributed by atoms with Crippen molar-refractivity contribution in [3.63, 3.8) is 0 Å². The van der Waals surface area contributed by atoms with Crippen LogP contribution in [0.2, 0.25) is 0 Å². The van der Waals surface area contributed by atoms with Crippen LogP contribution in [0.15, 0.2) is 17.7 Å². The molecule has 1 amide bonds. The minimum Gasteiger partial charge on any atom is -0.506 e. The number of halogens is 3. The van der Waals surface area contributed by atoms with E-state index in [0.29, 0.717) is 0 Å². The number of carboxylic acid groups (broad SMARTS) is 1. The van der Waals surface area contributed by atoms with Crippen LogP contribution >= 0.6 is 0 Å². The van der Waals surface area contributed by atoms with E-state index in [2.05, 4.69) is 0 Å². The molecule has 1 fully saturated rings. The number of likely N-dealkylation sites (tertiary alicyclic amines) is 1. The van der Waals surface area contributed by atoms with Crippen molar-refractivity contribution in [1.29, 1.82) is 5.26 Å². The standard InChI is InChI=1S/C13H12N4O6.C2HF3O2/c14-3-8(13(21)16-4-7(15)5-16)11(19)6-1-9(17(22)23)12(20)10(18)2-6;3-2(4,5)1(6)7/h1-2,7,18-20H,4-5,15H2;(H,6,7)/b11-8-;. The summed E-state index contributed by atoms with van der Waals surface area (Å²) in [5, 5.41) is 56.0. The van der Waals surface area contributed by atoms with E-state index >= 15 is 0 Å². The van der Waals surface area contributed by atoms with Crippen LogP contribution in [0.5, 0.6) is 11.5 Å². The molecule has 162 valence electrons. The number of nitro benzene ring substituents is 1. The number of nitriles is 1. The highest BCUT2D eigenvalue weighted by Crippen LogP contribution is 2.38. The van der Waals surface area contributed by atoms with Gasteiger partial charge in [0.25, 0.3) is 5.91 Å². The fourth-order valence-electron chi connectivity index (χ4n) is 2.06. The van der Waals surface area contributed by atoms with Crippen LogP contribution in [0.3, 0.4) is 0 Å². The van der Waals surface area contributed by atoms with Gasteiger partial charge in [-0.1, -0.05) is 0 Å². The number of nitrogens with two attached hydrogens (primary N) is 1. The van der Waals surface area contributed by atoms with Gasteiger partial charge in [0.15, 0.2) is 11.3 Å². The number of phenolic OH excluding ortho intramolecular Hbond substituents is 2. The van der Waals surface area contributed by atoms with Gasteiger partial charge >= 0.3 is 17.8 Å². The third-order valence-electron chi connectivity index (χ3n) is 3.54. The number of nitro groups is 1. The molecule has 0 atom stereocenters. The van der Waals surface area contributed by atoms with Gasteiger partial charge in [-0.25, -0.2) is 4.79 Å². The number of hydrogen-bond donors (Lipinski definition) is 5. The fourth-order valence-corrected chi connectivity index (χ4v) is 2.06. The van der Waals surface area contributed by atoms with Gasteiger partial charge in [-0.15, -0.1) is 0 Å². The lowest BCUT2D eigenvalue weighted by Gasteiger charge is -2.36. The molecule has 6 N–H and O–H groups in total. The Bertz CT molecular complexity index is 948. The van der Waals surface area contributed by atoms with E-state index in [4.69, 9.17) is 20.9 Å². The average molecular weight is 434 g/mol. The number of benzene rings is 1. The number of rotatable bonds is 3. The number of aliphatic hydroxyl groups excluding tert-OH is 1. The van der Waals surface area contributed by atoms with Crippen molar-refractivity contribution in [3.05, 3.63) is 33.4 Å². The number of phenols is 2. The SMILES string of the molecule is N#C/C(C(=O)N1CC(N)C1)=C(/O)c1cc(O)c(O)c([N+](=O)[O-])c1.O=C(O)C(F)(F)F. The summed E-state index contributed by atoms with van der Waals surface area (Å²) in [6.07, 6.45) is -5.08. The van der Waals surface area contributed by atoms with Crippen LogP contribution in [0.1, 0.15) is 5.56 Å². The van der Waals surface area contributed by atoms with E-state index in [1.54, 1.807) is 0 Å². The van der Waals surface area contributed by atoms with Crippen molar-refractivity contribution in [2.24, 2.45) is 5.73 Å². The van der Waals surface area contributed by atoms with Gasteiger partial charge in [0.2, 0.25) is 5.75 Å². The minimum atomic E-state index is -5.08. The van der Waals surface area contributed by atoms with Crippen LogP contribution < -0.4 is 5.73 Å². The van der Waals surface area contributed by atoms with E-state index in [1.165, 1.54) is 11.0 Å². The second-order valence-corrected chi connectivity index (χ2v) is 5.73. The predicted molar refractivity (Wildman–Crippen MR) is 89.8 cm³/mol. The van der Waals surface area contributed by atoms with Gasteiger partial charge in [-0.2, -0.15) is 18.4 Å². The van der Waals surface area contributed by atoms with Gasteiger partial charge < -0.3 is 31.1 Å². The quantitative estimate of drug-likeness (QED) is 0.112. The Morgan fingerprint density at radius 3 is 2.13 bits per heavy atom. The summed E-state index contributed by atoms with van der Waals surface area (Å²) in [6.45, 7) is 0.441. The second-order valence-electron chi connectivity index (χ2n) is 5.73. The topological polar surface area (TPSA) is 211 Å². The Morgan fingerprint density at radius 1 is 1.27 bits per heavy atom. The summed E-state index contributed by atoms with van der Waals surface area (Å²) in [6, 6.07) is 2.88. The number of aliphatic carboxylic acids is 1. The molecule has 1 aliphatic rings. The Hall–Kier alpha value is -4.06. The van der Waals surface area contributed by atoms with Crippen LogP contribution in [0, 0.1) is 21.4 Å². The molecular formula is C15H13F3N4O8. The first-order valence-corrected chi connectivity index (χ1v) is 7.59. The maximum Gasteiger partial charge on any atom is 0.490 e. The predicted octanol–water partition coefficient (Wildman–Crippen LogP) is 0.601. The summed E-state index contributed by atoms with van der Waals surface area (Å²) in [5.74, 6) is -6.22. The maximum absolute atomic E-state index is 12.1. The average Bonchev–Trinajstić information content (AvgIpc) is 2.60. The summed E-state index contributed by atoms with van der Waals surface area (Å²) in [5.41, 5.74) is 3.67. The van der Waals surface area contributed by atoms with Gasteiger partial charge in [0.1, 0.15) is 11.8 Å². The van der Waals surface area contributed by atoms with Gasteiger partial charge in [-0.3, -0.25) is 14.9 Å². The Kier molecular flexibility index (Phi) is 7.16. The highest BCUT2D eigenvalue weighted by molar-refractivity contribution is 6.04. The molecule has 15 heteroatoms. The smallest absolute Gasteiger partial charge is 0.490 e. The number of amides is 1. The molecule has 0 unspecified atom stereocenters. The second kappa shape index (κ2) is 8.96. The molecule has 1 saturated heterocycles. The normalized spacial score (nSPS) is 14.4. The van der Waals surface area contributed by atoms with Gasteiger partial charge in [0, 0.05) is 30.8 Å². The number of hydrogen-bond acceptors (Lipinski definition) is 9. The lowest BCUT2D eigenvalue weighted by Crippen LogP contribution is -2.58. The number of aromatic hydroxyl groups is 2. The van der Waals surface area contributed by atoms with Crippen LogP contribution in [-0.2, 0) is 9.59 Å². The molecule has 1 aromatic rings. The molecule has 0 saturated carbocycles. The summed E-state index contributed by atoms with van der Waals surface area (Å²) in [4.78, 5) is 32.0. The molecule has 1 aliphatic heterocycles. The van der Waals surface area contributed by atoms with Crippen molar-refractivity contribution in [2.45, 2.75) is 12.2 Å². The first-order valence-electron chi connectivity index (χ1n) is 7.59. The molecule has 1 heterocycles. The molecule has 0 aromatic heterocycles. The van der Waals surface area contributed by atoms with Crippen molar-refractivity contribution >= 4 is 23.3 Å². The number of carbonyl (C=O) groups excluding carboxylic acids is 1. The first-order chi connectivity index (χ1) is 13.7. The fraction of sp³-hybridized carbons (Fsp3) is 0.267. The highest BCUT2D eigenvalue weighted by atomic mass is 19.4. The third kappa shape index (κ3) is 5.48. The maximum atomic E-state index is 12.1. The number of alkyl halides is 3. The number of aliphatic hydroxyl groups is 1. The molecule has 12 nitrogen and oxygen atoms in total. The van der Waals surface area contributed by atoms with Crippen LogP contribution in [-0.4, -0.2) is 67.4 Å². The molecular weight excluding hydrogens is 421 g/mol. The van der Waals surface area contributed by atoms with Crippen LogP contribution in [0.25, 0.3) is 5.76 Å². The zero-order valence-corrected chi connectivity index (χ0v) is 14.6. The van der Waals surface area contributed by atoms with Crippen LogP contribution in [0.4, 0.5) is 18.9 Å².